The second-order valence-electron chi connectivity index (χ2n) is 28.8. The molecule has 0 aromatic carbocycles. The van der Waals surface area contributed by atoms with Crippen molar-refractivity contribution in [2.75, 3.05) is 39.6 Å². The molecule has 33 atom stereocenters. The Morgan fingerprint density at radius 1 is 0.563 bits per heavy atom. The van der Waals surface area contributed by atoms with E-state index >= 15 is 4.79 Å². The van der Waals surface area contributed by atoms with Gasteiger partial charge >= 0.3 is 5.97 Å². The Hall–Kier alpha value is -1.83. The van der Waals surface area contributed by atoms with Gasteiger partial charge in [0.1, 0.15) is 97.2 Å². The van der Waals surface area contributed by atoms with E-state index in [0.29, 0.717) is 51.4 Å². The van der Waals surface area contributed by atoms with Gasteiger partial charge in [0.25, 0.3) is 0 Å². The van der Waals surface area contributed by atoms with E-state index in [1.807, 2.05) is 0 Å². The highest BCUT2D eigenvalue weighted by molar-refractivity contribution is 5.79. The van der Waals surface area contributed by atoms with Crippen molar-refractivity contribution in [3.8, 4) is 0 Å². The SMILES string of the molecule is CC1OC(OC2C(OC(=O)C34CCC(C)(C)CC3C3=CCC5C6(C)CC(O)C(OC7OC(CO)C(O)C(O)C7OC7OC(CO)C(O)C(O)C7O)C(C)(CO)C6CCC5(C)C3(C)CC4)OC(CO)C(O)C2OC2OCC(O)(CO)C2O)C(O)C(O)C1O. The third-order valence-corrected chi connectivity index (χ3v) is 23.3. The van der Waals surface area contributed by atoms with E-state index in [9.17, 15) is 86.8 Å². The van der Waals surface area contributed by atoms with Crippen LogP contribution in [0.15, 0.2) is 11.6 Å². The maximum atomic E-state index is 15.7. The number of aliphatic hydroxyl groups is 17. The Kier molecular flexibility index (Phi) is 19.4. The van der Waals surface area contributed by atoms with E-state index in [0.717, 1.165) is 5.57 Å². The molecule has 10 rings (SSSR count). The number of ether oxygens (including phenoxy) is 10. The van der Waals surface area contributed by atoms with Crippen molar-refractivity contribution in [1.82, 2.24) is 0 Å². The first-order valence-electron chi connectivity index (χ1n) is 30.8. The van der Waals surface area contributed by atoms with Gasteiger partial charge in [0.15, 0.2) is 31.3 Å². The molecule has 10 aliphatic rings. The first kappa shape index (κ1) is 68.0. The van der Waals surface area contributed by atoms with Crippen LogP contribution in [0, 0.1) is 50.2 Å². The van der Waals surface area contributed by atoms with Gasteiger partial charge in [0.2, 0.25) is 6.29 Å². The minimum atomic E-state index is -2.18. The molecule has 0 bridgehead atoms. The van der Waals surface area contributed by atoms with Gasteiger partial charge in [-0.1, -0.05) is 53.2 Å². The predicted octanol–water partition coefficient (Wildman–Crippen LogP) is -4.60. The molecule has 17 N–H and O–H groups in total. The summed E-state index contributed by atoms with van der Waals surface area (Å²) in [5.74, 6) is -1.60. The topological polar surface area (TPSA) is 453 Å². The summed E-state index contributed by atoms with van der Waals surface area (Å²) in [6, 6.07) is 0. The van der Waals surface area contributed by atoms with Gasteiger partial charge < -0.3 is 134 Å². The molecule has 0 amide bonds. The predicted molar refractivity (Wildman–Crippen MR) is 291 cm³/mol. The van der Waals surface area contributed by atoms with Crippen LogP contribution in [0.5, 0.6) is 0 Å². The summed E-state index contributed by atoms with van der Waals surface area (Å²) in [4.78, 5) is 15.7. The molecule has 5 heterocycles. The van der Waals surface area contributed by atoms with E-state index in [1.165, 1.54) is 6.92 Å². The number of allylic oxidation sites excluding steroid dienone is 2. The second kappa shape index (κ2) is 24.8. The monoisotopic (exact) mass is 1250 g/mol. The maximum Gasteiger partial charge on any atom is 0.315 e. The lowest BCUT2D eigenvalue weighted by Crippen LogP contribution is -2.70. The fourth-order valence-electron chi connectivity index (χ4n) is 17.8. The summed E-state index contributed by atoms with van der Waals surface area (Å²) in [6.07, 6.45) is -34.0. The summed E-state index contributed by atoms with van der Waals surface area (Å²) in [5, 5.41) is 186. The smallest absolute Gasteiger partial charge is 0.315 e. The molecular formula is C59H96O28. The van der Waals surface area contributed by atoms with Crippen molar-refractivity contribution in [3.05, 3.63) is 11.6 Å². The van der Waals surface area contributed by atoms with Crippen LogP contribution in [0.2, 0.25) is 0 Å². The quantitative estimate of drug-likeness (QED) is 0.0417. The van der Waals surface area contributed by atoms with Crippen LogP contribution >= 0.6 is 0 Å². The number of hydrogen-bond donors (Lipinski definition) is 17. The molecule has 0 aromatic heterocycles. The lowest BCUT2D eigenvalue weighted by molar-refractivity contribution is -0.384. The Labute approximate surface area is 504 Å². The van der Waals surface area contributed by atoms with Crippen LogP contribution in [-0.4, -0.2) is 285 Å². The maximum absolute atomic E-state index is 15.7. The van der Waals surface area contributed by atoms with Gasteiger partial charge in [-0.25, -0.2) is 0 Å². The Balaban J connectivity index is 0.940. The average Bonchev–Trinajstić information content (AvgIpc) is 1.04. The highest BCUT2D eigenvalue weighted by Crippen LogP contribution is 2.76. The third kappa shape index (κ3) is 11.1. The number of carbonyl (C=O) groups is 1. The first-order valence-corrected chi connectivity index (χ1v) is 30.8. The van der Waals surface area contributed by atoms with Crippen molar-refractivity contribution in [1.29, 1.82) is 0 Å². The molecule has 4 saturated carbocycles. The normalized spacial score (nSPS) is 55.0. The summed E-state index contributed by atoms with van der Waals surface area (Å²) in [7, 11) is 0. The van der Waals surface area contributed by atoms with Gasteiger partial charge in [-0.2, -0.15) is 0 Å². The molecule has 9 fully saturated rings. The summed E-state index contributed by atoms with van der Waals surface area (Å²) in [6.45, 7) is 9.66. The zero-order valence-corrected chi connectivity index (χ0v) is 50.4. The summed E-state index contributed by atoms with van der Waals surface area (Å²) < 4.78 is 60.6. The lowest BCUT2D eigenvalue weighted by atomic mass is 9.33. The van der Waals surface area contributed by atoms with Crippen molar-refractivity contribution in [2.24, 2.45) is 50.2 Å². The number of aliphatic hydroxyl groups excluding tert-OH is 16. The molecule has 33 unspecified atom stereocenters. The zero-order valence-electron chi connectivity index (χ0n) is 50.4. The largest absolute Gasteiger partial charge is 0.432 e. The molecule has 87 heavy (non-hydrogen) atoms. The second-order valence-corrected chi connectivity index (χ2v) is 28.8. The van der Waals surface area contributed by atoms with E-state index in [4.69, 9.17) is 47.4 Å². The zero-order chi connectivity index (χ0) is 63.6. The first-order chi connectivity index (χ1) is 40.8. The minimum absolute atomic E-state index is 0.137. The average molecular weight is 1250 g/mol. The molecule has 5 aliphatic heterocycles. The molecule has 500 valence electrons. The van der Waals surface area contributed by atoms with Crippen molar-refractivity contribution in [3.63, 3.8) is 0 Å². The van der Waals surface area contributed by atoms with E-state index in [1.54, 1.807) is 6.92 Å². The molecule has 28 heteroatoms. The Bertz CT molecular complexity index is 2440. The van der Waals surface area contributed by atoms with Gasteiger partial charge in [0.05, 0.1) is 63.4 Å². The van der Waals surface area contributed by atoms with Gasteiger partial charge in [-0.15, -0.1) is 0 Å². The lowest BCUT2D eigenvalue weighted by Gasteiger charge is -2.72. The minimum Gasteiger partial charge on any atom is -0.432 e. The van der Waals surface area contributed by atoms with Crippen LogP contribution in [0.25, 0.3) is 0 Å². The highest BCUT2D eigenvalue weighted by atomic mass is 16.8. The van der Waals surface area contributed by atoms with E-state index in [-0.39, 0.29) is 23.7 Å². The molecule has 5 aliphatic carbocycles. The number of carbonyl (C=O) groups excluding carboxylic acids is 1. The van der Waals surface area contributed by atoms with Gasteiger partial charge in [-0.05, 0) is 104 Å². The Morgan fingerprint density at radius 2 is 1.13 bits per heavy atom. The van der Waals surface area contributed by atoms with Crippen molar-refractivity contribution in [2.45, 2.75) is 259 Å². The van der Waals surface area contributed by atoms with Crippen LogP contribution in [-0.2, 0) is 52.2 Å². The van der Waals surface area contributed by atoms with Crippen molar-refractivity contribution >= 4 is 5.97 Å². The van der Waals surface area contributed by atoms with Crippen LogP contribution < -0.4 is 0 Å². The van der Waals surface area contributed by atoms with Crippen LogP contribution in [0.3, 0.4) is 0 Å². The number of fused-ring (bicyclic) bond motifs is 7. The highest BCUT2D eigenvalue weighted by Gasteiger charge is 2.72. The fourth-order valence-corrected chi connectivity index (χ4v) is 17.8. The van der Waals surface area contributed by atoms with Gasteiger partial charge in [0, 0.05) is 5.41 Å². The Morgan fingerprint density at radius 3 is 1.75 bits per heavy atom. The molecule has 5 saturated heterocycles. The summed E-state index contributed by atoms with van der Waals surface area (Å²) >= 11 is 0. The number of hydrogen-bond acceptors (Lipinski definition) is 28. The summed E-state index contributed by atoms with van der Waals surface area (Å²) in [5.41, 5.74) is -5.62. The van der Waals surface area contributed by atoms with Crippen LogP contribution in [0.4, 0.5) is 0 Å². The number of rotatable bonds is 15. The standard InChI is InChI=1S/C59H96O28/c1-24-33(66)37(70)40(73)47(79-24)85-44-42(83-51-45(75)59(77,22-64)23-78-51)36(69)30(20-62)82-50(44)87-52(76)58-14-12-53(2,3)16-26(58)25-8-9-32-54(4)17-27(65)46(55(5,21-63)31(54)10-11-57(32,7)56(25,6)13-15-58)86-49-43(39(72)35(68)29(19-61)81-49)84-48-41(74)38(71)34(67)28(18-60)80-48/h8,24,26-51,60-75,77H,9-23H2,1-7H3. The molecule has 28 nitrogen and oxygen atoms in total. The van der Waals surface area contributed by atoms with Crippen LogP contribution in [0.1, 0.15) is 106 Å². The fraction of sp³-hybridized carbons (Fsp3) is 0.949. The van der Waals surface area contributed by atoms with Crippen molar-refractivity contribution < 1.29 is 139 Å². The molecule has 0 aromatic rings. The van der Waals surface area contributed by atoms with Gasteiger partial charge in [-0.3, -0.25) is 4.79 Å². The molecular weight excluding hydrogens is 1160 g/mol. The molecule has 0 spiro atoms. The molecule has 0 radical (unpaired) electrons. The number of esters is 1. The third-order valence-electron chi connectivity index (χ3n) is 23.3. The van der Waals surface area contributed by atoms with E-state index in [2.05, 4.69) is 40.7 Å². The van der Waals surface area contributed by atoms with E-state index < -0.39 is 232 Å².